The number of rotatable bonds is 8. The first kappa shape index (κ1) is 24.1. The highest BCUT2D eigenvalue weighted by atomic mass is 35.5. The molecule has 180 valence electrons. The number of hydrogen-bond acceptors (Lipinski definition) is 6. The number of anilines is 3. The van der Waals surface area contributed by atoms with Crippen LogP contribution in [0.1, 0.15) is 31.5 Å². The van der Waals surface area contributed by atoms with Crippen LogP contribution in [0.2, 0.25) is 0 Å². The van der Waals surface area contributed by atoms with Crippen molar-refractivity contribution < 1.29 is 9.13 Å². The maximum atomic E-state index is 14.8. The van der Waals surface area contributed by atoms with Crippen LogP contribution in [0.25, 0.3) is 0 Å². The van der Waals surface area contributed by atoms with E-state index in [1.165, 1.54) is 12.3 Å². The van der Waals surface area contributed by atoms with Crippen LogP contribution in [0, 0.1) is 5.82 Å². The van der Waals surface area contributed by atoms with E-state index in [1.807, 2.05) is 41.1 Å². The van der Waals surface area contributed by atoms with Gasteiger partial charge in [0.25, 0.3) is 0 Å². The lowest BCUT2D eigenvalue weighted by molar-refractivity contribution is 0.477. The molecule has 35 heavy (non-hydrogen) atoms. The number of nitrogens with two attached hydrogens (primary N) is 1. The van der Waals surface area contributed by atoms with Crippen LogP contribution in [-0.2, 0) is 0 Å². The summed E-state index contributed by atoms with van der Waals surface area (Å²) in [5.41, 5.74) is 6.81. The average Bonchev–Trinajstić information content (AvgIpc) is 3.09. The molecule has 0 amide bonds. The molecule has 1 aromatic carbocycles. The molecule has 2 heterocycles. The normalized spacial score (nSPS) is 15.0. The Bertz CT molecular complexity index is 1330. The zero-order valence-electron chi connectivity index (χ0n) is 19.4. The first-order chi connectivity index (χ1) is 16.8. The number of pyridine rings is 1. The summed E-state index contributed by atoms with van der Waals surface area (Å²) in [4.78, 5) is 3.91. The van der Waals surface area contributed by atoms with E-state index >= 15 is 0 Å². The minimum absolute atomic E-state index is 0.152. The summed E-state index contributed by atoms with van der Waals surface area (Å²) in [6.07, 6.45) is 11.0. The van der Waals surface area contributed by atoms with Crippen molar-refractivity contribution in [1.29, 1.82) is 0 Å². The van der Waals surface area contributed by atoms with Crippen LogP contribution in [0.4, 0.5) is 21.7 Å². The van der Waals surface area contributed by atoms with Gasteiger partial charge in [-0.15, -0.1) is 0 Å². The number of nitrogens with zero attached hydrogens (tertiary/aromatic N) is 3. The van der Waals surface area contributed by atoms with Gasteiger partial charge >= 0.3 is 0 Å². The van der Waals surface area contributed by atoms with Crippen molar-refractivity contribution in [3.05, 3.63) is 102 Å². The van der Waals surface area contributed by atoms with Crippen LogP contribution >= 0.6 is 11.6 Å². The SMILES string of the molecule is C=C(Nc1ccc(Oc2ccnc(N)c2)cc1F)Nc1cc(C(C)C)nn1C1C=CC=C(Cl)C=C1. The summed E-state index contributed by atoms with van der Waals surface area (Å²) in [5.74, 6) is 1.93. The van der Waals surface area contributed by atoms with Gasteiger partial charge in [-0.3, -0.25) is 0 Å². The third-order valence-electron chi connectivity index (χ3n) is 5.14. The van der Waals surface area contributed by atoms with Gasteiger partial charge in [0.1, 0.15) is 34.8 Å². The first-order valence-corrected chi connectivity index (χ1v) is 11.4. The average molecular weight is 493 g/mol. The fraction of sp³-hybridized carbons (Fsp3) is 0.154. The minimum atomic E-state index is -0.501. The quantitative estimate of drug-likeness (QED) is 0.324. The smallest absolute Gasteiger partial charge is 0.150 e. The van der Waals surface area contributed by atoms with Crippen LogP contribution in [0.5, 0.6) is 11.5 Å². The largest absolute Gasteiger partial charge is 0.457 e. The van der Waals surface area contributed by atoms with Gasteiger partial charge in [-0.05, 0) is 36.3 Å². The van der Waals surface area contributed by atoms with Gasteiger partial charge in [0.05, 0.1) is 17.4 Å². The van der Waals surface area contributed by atoms with E-state index in [0.29, 0.717) is 34.0 Å². The maximum absolute atomic E-state index is 14.8. The number of halogens is 2. The third-order valence-corrected chi connectivity index (χ3v) is 5.39. The van der Waals surface area contributed by atoms with Gasteiger partial charge < -0.3 is 21.1 Å². The Hall–Kier alpha value is -4.04. The lowest BCUT2D eigenvalue weighted by Gasteiger charge is -2.17. The fourth-order valence-corrected chi connectivity index (χ4v) is 3.53. The Morgan fingerprint density at radius 3 is 2.71 bits per heavy atom. The molecule has 1 atom stereocenters. The summed E-state index contributed by atoms with van der Waals surface area (Å²) >= 11 is 6.12. The maximum Gasteiger partial charge on any atom is 0.150 e. The zero-order valence-corrected chi connectivity index (χ0v) is 20.1. The van der Waals surface area contributed by atoms with E-state index in [9.17, 15) is 4.39 Å². The Balaban J connectivity index is 1.49. The van der Waals surface area contributed by atoms with E-state index in [4.69, 9.17) is 27.2 Å². The molecular weight excluding hydrogens is 467 g/mol. The van der Waals surface area contributed by atoms with Crippen molar-refractivity contribution in [2.75, 3.05) is 16.4 Å². The molecule has 1 aliphatic carbocycles. The molecule has 0 spiro atoms. The van der Waals surface area contributed by atoms with E-state index in [2.05, 4.69) is 36.0 Å². The Labute approximate surface area is 208 Å². The van der Waals surface area contributed by atoms with Crippen molar-refractivity contribution in [3.8, 4) is 11.5 Å². The number of nitrogen functional groups attached to an aromatic ring is 1. The minimum Gasteiger partial charge on any atom is -0.457 e. The van der Waals surface area contributed by atoms with Crippen molar-refractivity contribution in [1.82, 2.24) is 14.8 Å². The van der Waals surface area contributed by atoms with Gasteiger partial charge in [0.2, 0.25) is 0 Å². The van der Waals surface area contributed by atoms with Crippen molar-refractivity contribution in [2.24, 2.45) is 0 Å². The van der Waals surface area contributed by atoms with Crippen LogP contribution < -0.4 is 21.1 Å². The molecule has 7 nitrogen and oxygen atoms in total. The highest BCUT2D eigenvalue weighted by Crippen LogP contribution is 2.29. The lowest BCUT2D eigenvalue weighted by Crippen LogP contribution is -2.15. The van der Waals surface area contributed by atoms with E-state index < -0.39 is 5.82 Å². The molecule has 0 saturated carbocycles. The van der Waals surface area contributed by atoms with Crippen molar-refractivity contribution >= 4 is 28.9 Å². The highest BCUT2D eigenvalue weighted by molar-refractivity contribution is 6.31. The summed E-state index contributed by atoms with van der Waals surface area (Å²) < 4.78 is 22.3. The van der Waals surface area contributed by atoms with Crippen molar-refractivity contribution in [3.63, 3.8) is 0 Å². The molecule has 1 unspecified atom stereocenters. The van der Waals surface area contributed by atoms with E-state index in [1.54, 1.807) is 24.3 Å². The summed E-state index contributed by atoms with van der Waals surface area (Å²) in [6.45, 7) is 8.15. The molecule has 0 fully saturated rings. The molecule has 1 aliphatic rings. The number of aromatic nitrogens is 3. The number of ether oxygens (including phenoxy) is 1. The monoisotopic (exact) mass is 492 g/mol. The van der Waals surface area contributed by atoms with Crippen LogP contribution in [0.3, 0.4) is 0 Å². The second-order valence-electron chi connectivity index (χ2n) is 8.23. The van der Waals surface area contributed by atoms with Gasteiger partial charge in [-0.25, -0.2) is 14.1 Å². The molecule has 4 N–H and O–H groups in total. The van der Waals surface area contributed by atoms with Crippen LogP contribution in [-0.4, -0.2) is 14.8 Å². The second-order valence-corrected chi connectivity index (χ2v) is 8.66. The molecular formula is C26H26ClFN6O. The Kier molecular flexibility index (Phi) is 7.22. The van der Waals surface area contributed by atoms with E-state index in [-0.39, 0.29) is 17.6 Å². The van der Waals surface area contributed by atoms with Crippen LogP contribution in [0.15, 0.2) is 90.4 Å². The van der Waals surface area contributed by atoms with E-state index in [0.717, 1.165) is 5.69 Å². The first-order valence-electron chi connectivity index (χ1n) is 11.0. The number of hydrogen-bond donors (Lipinski definition) is 3. The fourth-order valence-electron chi connectivity index (χ4n) is 3.39. The molecule has 0 aliphatic heterocycles. The molecule has 0 saturated heterocycles. The predicted octanol–water partition coefficient (Wildman–Crippen LogP) is 6.70. The topological polar surface area (TPSA) is 90.0 Å². The summed E-state index contributed by atoms with van der Waals surface area (Å²) in [7, 11) is 0. The van der Waals surface area contributed by atoms with Gasteiger partial charge in [0, 0.05) is 29.4 Å². The van der Waals surface area contributed by atoms with Gasteiger partial charge in [0.15, 0.2) is 0 Å². The number of benzene rings is 1. The predicted molar refractivity (Wildman–Crippen MR) is 139 cm³/mol. The lowest BCUT2D eigenvalue weighted by atomic mass is 10.1. The highest BCUT2D eigenvalue weighted by Gasteiger charge is 2.17. The second kappa shape index (κ2) is 10.5. The molecule has 3 aromatic rings. The van der Waals surface area contributed by atoms with Crippen molar-refractivity contribution in [2.45, 2.75) is 25.8 Å². The van der Waals surface area contributed by atoms with Gasteiger partial charge in [-0.1, -0.05) is 50.3 Å². The molecule has 2 aromatic heterocycles. The summed E-state index contributed by atoms with van der Waals surface area (Å²) in [6, 6.07) is 9.51. The molecule has 9 heteroatoms. The Morgan fingerprint density at radius 1 is 1.17 bits per heavy atom. The standard InChI is InChI=1S/C26H26ClFN6O/c1-16(2)24-15-26(34(33-24)19-6-4-5-18(27)7-8-19)32-17(3)31-23-10-9-20(13-22(23)28)35-21-11-12-30-25(29)14-21/h4-16,19,31-32H,3H2,1-2H3,(H2,29,30). The summed E-state index contributed by atoms with van der Waals surface area (Å²) in [5, 5.41) is 11.6. The zero-order chi connectivity index (χ0) is 24.9. The Morgan fingerprint density at radius 2 is 1.97 bits per heavy atom. The molecule has 4 rings (SSSR count). The van der Waals surface area contributed by atoms with Gasteiger partial charge in [-0.2, -0.15) is 5.10 Å². The third kappa shape index (κ3) is 6.10. The molecule has 0 radical (unpaired) electrons. The number of nitrogens with one attached hydrogen (secondary N) is 2. The number of allylic oxidation sites excluding steroid dienone is 6. The molecule has 0 bridgehead atoms.